The number of rotatable bonds is 8. The Morgan fingerprint density at radius 2 is 1.81 bits per heavy atom. The third-order valence-electron chi connectivity index (χ3n) is 5.31. The molecule has 1 atom stereocenters. The lowest BCUT2D eigenvalue weighted by Crippen LogP contribution is -2.34. The normalized spacial score (nSPS) is 11.8. The Bertz CT molecular complexity index is 1200. The van der Waals surface area contributed by atoms with E-state index in [9.17, 15) is 4.79 Å². The number of esters is 1. The van der Waals surface area contributed by atoms with E-state index in [1.807, 2.05) is 72.2 Å². The highest BCUT2D eigenvalue weighted by Crippen LogP contribution is 2.29. The van der Waals surface area contributed by atoms with Crippen LogP contribution in [0.4, 0.5) is 5.95 Å². The van der Waals surface area contributed by atoms with Gasteiger partial charge in [0, 0.05) is 18.2 Å². The van der Waals surface area contributed by atoms with Gasteiger partial charge in [-0.2, -0.15) is 0 Å². The van der Waals surface area contributed by atoms with Crippen LogP contribution in [0, 0.1) is 6.92 Å². The first kappa shape index (κ1) is 21.4. The number of methoxy groups -OCH3 is 1. The number of aromatic nitrogens is 2. The Labute approximate surface area is 187 Å². The number of imidazole rings is 1. The van der Waals surface area contributed by atoms with Gasteiger partial charge in [0.05, 0.1) is 24.8 Å². The standard InChI is InChI=1S/C26H27N3O3/c1-4-32-25(30)23(16-19-8-6-5-7-9-19)28-26-27-22-15-14-21(31-3)17-24(22)29(26)20-12-10-18(2)11-13-20/h5-15,17,23H,4,16H2,1-3H3,(H,27,28)/t23-/m0/s1. The SMILES string of the molecule is CCOC(=O)[C@H](Cc1ccccc1)Nc1nc2ccc(OC)cc2n1-c1ccc(C)cc1. The molecule has 0 unspecified atom stereocenters. The fourth-order valence-electron chi connectivity index (χ4n) is 3.68. The number of nitrogens with zero attached hydrogens (tertiary/aromatic N) is 2. The van der Waals surface area contributed by atoms with Crippen molar-refractivity contribution in [1.82, 2.24) is 9.55 Å². The molecule has 4 rings (SSSR count). The Balaban J connectivity index is 1.79. The zero-order valence-electron chi connectivity index (χ0n) is 18.5. The van der Waals surface area contributed by atoms with Crippen LogP contribution in [0.1, 0.15) is 18.1 Å². The minimum absolute atomic E-state index is 0.309. The van der Waals surface area contributed by atoms with Crippen LogP contribution in [0.3, 0.4) is 0 Å². The lowest BCUT2D eigenvalue weighted by molar-refractivity contribution is -0.144. The average Bonchev–Trinajstić information content (AvgIpc) is 3.17. The smallest absolute Gasteiger partial charge is 0.328 e. The first-order valence-corrected chi connectivity index (χ1v) is 10.7. The molecule has 6 heteroatoms. The lowest BCUT2D eigenvalue weighted by atomic mass is 10.1. The Morgan fingerprint density at radius 1 is 1.06 bits per heavy atom. The molecule has 0 saturated carbocycles. The van der Waals surface area contributed by atoms with E-state index in [-0.39, 0.29) is 5.97 Å². The van der Waals surface area contributed by atoms with Gasteiger partial charge in [0.2, 0.25) is 5.95 Å². The molecule has 32 heavy (non-hydrogen) atoms. The molecule has 0 aliphatic heterocycles. The predicted octanol–water partition coefficient (Wildman–Crippen LogP) is 4.93. The van der Waals surface area contributed by atoms with E-state index in [0.29, 0.717) is 19.0 Å². The molecule has 0 radical (unpaired) electrons. The maximum absolute atomic E-state index is 12.8. The van der Waals surface area contributed by atoms with Gasteiger partial charge in [0.25, 0.3) is 0 Å². The molecule has 0 saturated heterocycles. The van der Waals surface area contributed by atoms with Gasteiger partial charge in [-0.15, -0.1) is 0 Å². The summed E-state index contributed by atoms with van der Waals surface area (Å²) in [6.07, 6.45) is 0.486. The number of ether oxygens (including phenoxy) is 2. The molecule has 6 nitrogen and oxygen atoms in total. The number of anilines is 1. The monoisotopic (exact) mass is 429 g/mol. The van der Waals surface area contributed by atoms with Crippen LogP contribution < -0.4 is 10.1 Å². The number of hydrogen-bond donors (Lipinski definition) is 1. The summed E-state index contributed by atoms with van der Waals surface area (Å²) in [4.78, 5) is 17.6. The van der Waals surface area contributed by atoms with Crippen LogP contribution in [-0.4, -0.2) is 35.3 Å². The number of nitrogens with one attached hydrogen (secondary N) is 1. The highest BCUT2D eigenvalue weighted by atomic mass is 16.5. The van der Waals surface area contributed by atoms with Crippen LogP contribution in [0.2, 0.25) is 0 Å². The van der Waals surface area contributed by atoms with Crippen LogP contribution in [0.15, 0.2) is 72.8 Å². The van der Waals surface area contributed by atoms with Crippen LogP contribution in [0.25, 0.3) is 16.7 Å². The minimum atomic E-state index is -0.583. The molecule has 0 spiro atoms. The van der Waals surface area contributed by atoms with Gasteiger partial charge >= 0.3 is 5.97 Å². The zero-order chi connectivity index (χ0) is 22.5. The predicted molar refractivity (Wildman–Crippen MR) is 127 cm³/mol. The second-order valence-electron chi connectivity index (χ2n) is 7.60. The Morgan fingerprint density at radius 3 is 2.50 bits per heavy atom. The first-order chi connectivity index (χ1) is 15.6. The fraction of sp³-hybridized carbons (Fsp3) is 0.231. The molecule has 3 aromatic carbocycles. The molecule has 1 N–H and O–H groups in total. The van der Waals surface area contributed by atoms with Gasteiger partial charge < -0.3 is 14.8 Å². The van der Waals surface area contributed by atoms with Crippen molar-refractivity contribution in [2.24, 2.45) is 0 Å². The molecular weight excluding hydrogens is 402 g/mol. The zero-order valence-corrected chi connectivity index (χ0v) is 18.5. The Hall–Kier alpha value is -3.80. The third kappa shape index (κ3) is 4.59. The van der Waals surface area contributed by atoms with Crippen molar-refractivity contribution in [2.75, 3.05) is 19.0 Å². The number of carbonyl (C=O) groups is 1. The topological polar surface area (TPSA) is 65.4 Å². The van der Waals surface area contributed by atoms with Crippen molar-refractivity contribution in [2.45, 2.75) is 26.3 Å². The highest BCUT2D eigenvalue weighted by Gasteiger charge is 2.24. The molecule has 164 valence electrons. The lowest BCUT2D eigenvalue weighted by Gasteiger charge is -2.19. The summed E-state index contributed by atoms with van der Waals surface area (Å²) in [5, 5.41) is 3.36. The van der Waals surface area contributed by atoms with Crippen LogP contribution in [-0.2, 0) is 16.0 Å². The highest BCUT2D eigenvalue weighted by molar-refractivity contribution is 5.85. The van der Waals surface area contributed by atoms with Crippen LogP contribution >= 0.6 is 0 Å². The van der Waals surface area contributed by atoms with E-state index < -0.39 is 6.04 Å². The van der Waals surface area contributed by atoms with E-state index in [0.717, 1.165) is 28.0 Å². The molecule has 1 aromatic heterocycles. The maximum Gasteiger partial charge on any atom is 0.328 e. The summed E-state index contributed by atoms with van der Waals surface area (Å²) in [5.74, 6) is 1.01. The van der Waals surface area contributed by atoms with Crippen molar-refractivity contribution in [1.29, 1.82) is 0 Å². The third-order valence-corrected chi connectivity index (χ3v) is 5.31. The van der Waals surface area contributed by atoms with E-state index in [4.69, 9.17) is 14.5 Å². The largest absolute Gasteiger partial charge is 0.497 e. The number of hydrogen-bond acceptors (Lipinski definition) is 5. The van der Waals surface area contributed by atoms with Crippen LogP contribution in [0.5, 0.6) is 5.75 Å². The molecule has 0 fully saturated rings. The second kappa shape index (κ2) is 9.56. The summed E-state index contributed by atoms with van der Waals surface area (Å²) in [6.45, 7) is 4.18. The maximum atomic E-state index is 12.8. The van der Waals surface area contributed by atoms with Gasteiger partial charge in [-0.05, 0) is 43.7 Å². The molecule has 0 aliphatic rings. The summed E-state index contributed by atoms with van der Waals surface area (Å²) >= 11 is 0. The first-order valence-electron chi connectivity index (χ1n) is 10.7. The van der Waals surface area contributed by atoms with E-state index >= 15 is 0 Å². The van der Waals surface area contributed by atoms with E-state index in [1.165, 1.54) is 5.56 Å². The van der Waals surface area contributed by atoms with E-state index in [2.05, 4.69) is 24.4 Å². The van der Waals surface area contributed by atoms with Gasteiger partial charge in [-0.25, -0.2) is 9.78 Å². The molecule has 0 bridgehead atoms. The summed E-state index contributed by atoms with van der Waals surface area (Å²) in [5.41, 5.74) is 4.84. The fourth-order valence-corrected chi connectivity index (χ4v) is 3.68. The van der Waals surface area contributed by atoms with Crippen molar-refractivity contribution in [3.63, 3.8) is 0 Å². The van der Waals surface area contributed by atoms with Gasteiger partial charge in [0.1, 0.15) is 11.8 Å². The molecule has 1 heterocycles. The number of carbonyl (C=O) groups excluding carboxylic acids is 1. The van der Waals surface area contributed by atoms with Crippen molar-refractivity contribution in [3.8, 4) is 11.4 Å². The van der Waals surface area contributed by atoms with Crippen molar-refractivity contribution in [3.05, 3.63) is 83.9 Å². The number of aryl methyl sites for hydroxylation is 1. The van der Waals surface area contributed by atoms with Gasteiger partial charge in [0.15, 0.2) is 0 Å². The quantitative estimate of drug-likeness (QED) is 0.403. The van der Waals surface area contributed by atoms with Crippen molar-refractivity contribution < 1.29 is 14.3 Å². The average molecular weight is 430 g/mol. The summed E-state index contributed by atoms with van der Waals surface area (Å²) in [7, 11) is 1.64. The molecule has 0 aliphatic carbocycles. The van der Waals surface area contributed by atoms with Gasteiger partial charge in [-0.3, -0.25) is 4.57 Å². The number of fused-ring (bicyclic) bond motifs is 1. The summed E-state index contributed by atoms with van der Waals surface area (Å²) in [6, 6.07) is 23.2. The Kier molecular flexibility index (Phi) is 6.40. The molecule has 4 aromatic rings. The number of benzene rings is 3. The van der Waals surface area contributed by atoms with Gasteiger partial charge in [-0.1, -0.05) is 48.0 Å². The van der Waals surface area contributed by atoms with Crippen molar-refractivity contribution >= 4 is 23.0 Å². The summed E-state index contributed by atoms with van der Waals surface area (Å²) < 4.78 is 12.8. The second-order valence-corrected chi connectivity index (χ2v) is 7.60. The molecular formula is C26H27N3O3. The minimum Gasteiger partial charge on any atom is -0.497 e. The molecule has 0 amide bonds. The van der Waals surface area contributed by atoms with E-state index in [1.54, 1.807) is 7.11 Å².